The highest BCUT2D eigenvalue weighted by Gasteiger charge is 2.12. The van der Waals surface area contributed by atoms with Crippen molar-refractivity contribution in [3.63, 3.8) is 0 Å². The standard InChI is InChI=1S/C9H11ClN2S/c1-12-4-2-3-7(5-12)8-6-13-9(10)11-8/h3,6H,2,4-5H2,1H3. The van der Waals surface area contributed by atoms with Crippen LogP contribution in [0, 0.1) is 0 Å². The summed E-state index contributed by atoms with van der Waals surface area (Å²) in [6.45, 7) is 2.13. The monoisotopic (exact) mass is 214 g/mol. The Morgan fingerprint density at radius 2 is 2.46 bits per heavy atom. The molecule has 0 N–H and O–H groups in total. The van der Waals surface area contributed by atoms with Crippen LogP contribution in [0.3, 0.4) is 0 Å². The van der Waals surface area contributed by atoms with Gasteiger partial charge in [0, 0.05) is 18.5 Å². The number of aromatic nitrogens is 1. The lowest BCUT2D eigenvalue weighted by Crippen LogP contribution is -2.24. The third-order valence-corrected chi connectivity index (χ3v) is 3.13. The van der Waals surface area contributed by atoms with Gasteiger partial charge in [0.1, 0.15) is 0 Å². The van der Waals surface area contributed by atoms with Gasteiger partial charge in [-0.25, -0.2) is 4.98 Å². The Morgan fingerprint density at radius 3 is 3.08 bits per heavy atom. The molecule has 1 aliphatic heterocycles. The normalized spacial score (nSPS) is 18.8. The van der Waals surface area contributed by atoms with Gasteiger partial charge in [0.2, 0.25) is 0 Å². The van der Waals surface area contributed by atoms with Gasteiger partial charge >= 0.3 is 0 Å². The zero-order valence-corrected chi connectivity index (χ0v) is 9.03. The molecule has 1 aliphatic rings. The van der Waals surface area contributed by atoms with Gasteiger partial charge in [-0.05, 0) is 19.0 Å². The minimum atomic E-state index is 0.629. The first-order valence-corrected chi connectivity index (χ1v) is 5.50. The van der Waals surface area contributed by atoms with Gasteiger partial charge in [-0.15, -0.1) is 11.3 Å². The molecule has 0 radical (unpaired) electrons. The summed E-state index contributed by atoms with van der Waals surface area (Å²) in [5.74, 6) is 0. The maximum atomic E-state index is 5.78. The third kappa shape index (κ3) is 2.10. The number of likely N-dealkylation sites (N-methyl/N-ethyl adjacent to an activating group) is 1. The van der Waals surface area contributed by atoms with Gasteiger partial charge in [-0.2, -0.15) is 0 Å². The van der Waals surface area contributed by atoms with Crippen LogP contribution in [-0.2, 0) is 0 Å². The summed E-state index contributed by atoms with van der Waals surface area (Å²) in [6.07, 6.45) is 3.37. The van der Waals surface area contributed by atoms with E-state index in [1.54, 1.807) is 0 Å². The molecule has 0 saturated heterocycles. The van der Waals surface area contributed by atoms with Crippen molar-refractivity contribution in [3.05, 3.63) is 21.6 Å². The Kier molecular flexibility index (Phi) is 2.67. The summed E-state index contributed by atoms with van der Waals surface area (Å²) >= 11 is 7.28. The summed E-state index contributed by atoms with van der Waals surface area (Å²) < 4.78 is 0.629. The molecule has 2 heterocycles. The van der Waals surface area contributed by atoms with Crippen molar-refractivity contribution < 1.29 is 0 Å². The predicted molar refractivity (Wildman–Crippen MR) is 57.2 cm³/mol. The first-order valence-electron chi connectivity index (χ1n) is 4.24. The summed E-state index contributed by atoms with van der Waals surface area (Å²) in [6, 6.07) is 0. The number of rotatable bonds is 1. The maximum absolute atomic E-state index is 5.78. The highest BCUT2D eigenvalue weighted by atomic mass is 35.5. The lowest BCUT2D eigenvalue weighted by Gasteiger charge is -2.21. The highest BCUT2D eigenvalue weighted by Crippen LogP contribution is 2.23. The van der Waals surface area contributed by atoms with Crippen LogP contribution in [0.2, 0.25) is 4.47 Å². The van der Waals surface area contributed by atoms with Crippen molar-refractivity contribution >= 4 is 28.5 Å². The number of hydrogen-bond donors (Lipinski definition) is 0. The summed E-state index contributed by atoms with van der Waals surface area (Å²) in [5.41, 5.74) is 2.35. The topological polar surface area (TPSA) is 16.1 Å². The molecule has 0 saturated carbocycles. The van der Waals surface area contributed by atoms with Gasteiger partial charge in [0.15, 0.2) is 4.47 Å². The largest absolute Gasteiger partial charge is 0.302 e. The SMILES string of the molecule is CN1CCC=C(c2csc(Cl)n2)C1. The Labute approximate surface area is 86.8 Å². The number of halogens is 1. The summed E-state index contributed by atoms with van der Waals surface area (Å²) in [5, 5.41) is 2.02. The summed E-state index contributed by atoms with van der Waals surface area (Å²) in [7, 11) is 2.13. The molecule has 0 amide bonds. The zero-order valence-electron chi connectivity index (χ0n) is 7.46. The van der Waals surface area contributed by atoms with Crippen LogP contribution < -0.4 is 0 Å². The van der Waals surface area contributed by atoms with Crippen molar-refractivity contribution in [3.8, 4) is 0 Å². The number of thiazole rings is 1. The summed E-state index contributed by atoms with van der Waals surface area (Å²) in [4.78, 5) is 6.55. The van der Waals surface area contributed by atoms with Crippen molar-refractivity contribution in [1.82, 2.24) is 9.88 Å². The van der Waals surface area contributed by atoms with Gasteiger partial charge in [0.05, 0.1) is 5.69 Å². The average Bonchev–Trinajstić information content (AvgIpc) is 2.52. The van der Waals surface area contributed by atoms with Crippen LogP contribution in [0.5, 0.6) is 0 Å². The minimum Gasteiger partial charge on any atom is -0.302 e. The molecule has 0 spiro atoms. The Hall–Kier alpha value is -0.380. The predicted octanol–water partition coefficient (Wildman–Crippen LogP) is 2.52. The molecule has 0 fully saturated rings. The van der Waals surface area contributed by atoms with E-state index in [0.717, 1.165) is 25.2 Å². The van der Waals surface area contributed by atoms with E-state index in [-0.39, 0.29) is 0 Å². The van der Waals surface area contributed by atoms with Gasteiger partial charge in [-0.1, -0.05) is 17.7 Å². The molecule has 0 bridgehead atoms. The van der Waals surface area contributed by atoms with E-state index in [0.29, 0.717) is 4.47 Å². The molecule has 0 atom stereocenters. The fourth-order valence-corrected chi connectivity index (χ4v) is 2.27. The Balaban J connectivity index is 2.21. The zero-order chi connectivity index (χ0) is 9.26. The molecule has 0 aromatic carbocycles. The average molecular weight is 215 g/mol. The van der Waals surface area contributed by atoms with E-state index in [1.807, 2.05) is 5.38 Å². The van der Waals surface area contributed by atoms with E-state index in [2.05, 4.69) is 23.0 Å². The fraction of sp³-hybridized carbons (Fsp3) is 0.444. The smallest absolute Gasteiger partial charge is 0.184 e. The van der Waals surface area contributed by atoms with Gasteiger partial charge in [-0.3, -0.25) is 0 Å². The first-order chi connectivity index (χ1) is 6.25. The molecule has 2 nitrogen and oxygen atoms in total. The van der Waals surface area contributed by atoms with E-state index in [1.165, 1.54) is 16.9 Å². The lowest BCUT2D eigenvalue weighted by atomic mass is 10.1. The highest BCUT2D eigenvalue weighted by molar-refractivity contribution is 7.14. The molecule has 0 unspecified atom stereocenters. The van der Waals surface area contributed by atoms with Crippen LogP contribution in [0.15, 0.2) is 11.5 Å². The van der Waals surface area contributed by atoms with Crippen LogP contribution in [0.4, 0.5) is 0 Å². The van der Waals surface area contributed by atoms with Crippen molar-refractivity contribution in [1.29, 1.82) is 0 Å². The number of hydrogen-bond acceptors (Lipinski definition) is 3. The molecule has 0 aliphatic carbocycles. The van der Waals surface area contributed by atoms with E-state index in [9.17, 15) is 0 Å². The molecular formula is C9H11ClN2S. The van der Waals surface area contributed by atoms with Crippen LogP contribution >= 0.6 is 22.9 Å². The van der Waals surface area contributed by atoms with Crippen LogP contribution in [0.25, 0.3) is 5.57 Å². The van der Waals surface area contributed by atoms with E-state index >= 15 is 0 Å². The van der Waals surface area contributed by atoms with Crippen molar-refractivity contribution in [2.45, 2.75) is 6.42 Å². The Morgan fingerprint density at radius 1 is 1.62 bits per heavy atom. The quantitative estimate of drug-likeness (QED) is 0.714. The molecule has 13 heavy (non-hydrogen) atoms. The minimum absolute atomic E-state index is 0.629. The second-order valence-corrected chi connectivity index (χ2v) is 4.68. The van der Waals surface area contributed by atoms with Gasteiger partial charge < -0.3 is 4.90 Å². The van der Waals surface area contributed by atoms with Crippen LogP contribution in [-0.4, -0.2) is 30.0 Å². The molecule has 70 valence electrons. The molecular weight excluding hydrogens is 204 g/mol. The van der Waals surface area contributed by atoms with Gasteiger partial charge in [0.25, 0.3) is 0 Å². The lowest BCUT2D eigenvalue weighted by molar-refractivity contribution is 0.372. The molecule has 1 aromatic rings. The third-order valence-electron chi connectivity index (χ3n) is 2.15. The van der Waals surface area contributed by atoms with E-state index in [4.69, 9.17) is 11.6 Å². The molecule has 4 heteroatoms. The fourth-order valence-electron chi connectivity index (χ4n) is 1.48. The van der Waals surface area contributed by atoms with E-state index < -0.39 is 0 Å². The molecule has 2 rings (SSSR count). The first kappa shape index (κ1) is 9.19. The Bertz CT molecular complexity index is 332. The second-order valence-electron chi connectivity index (χ2n) is 3.24. The second kappa shape index (κ2) is 3.78. The van der Waals surface area contributed by atoms with Crippen LogP contribution in [0.1, 0.15) is 12.1 Å². The number of nitrogens with zero attached hydrogens (tertiary/aromatic N) is 2. The maximum Gasteiger partial charge on any atom is 0.184 e. The van der Waals surface area contributed by atoms with Crippen molar-refractivity contribution in [2.75, 3.05) is 20.1 Å². The molecule has 1 aromatic heterocycles. The van der Waals surface area contributed by atoms with Crippen molar-refractivity contribution in [2.24, 2.45) is 0 Å².